The number of benzene rings is 2. The number of hydrogen-bond donors (Lipinski definition) is 3. The van der Waals surface area contributed by atoms with Crippen molar-refractivity contribution in [2.45, 2.75) is 96.9 Å². The van der Waals surface area contributed by atoms with Crippen LogP contribution < -0.4 is 14.8 Å². The average Bonchev–Trinajstić information content (AvgIpc) is 3.18. The van der Waals surface area contributed by atoms with Crippen LogP contribution in [-0.2, 0) is 20.9 Å². The molecular weight excluding hydrogens is 714 g/mol. The van der Waals surface area contributed by atoms with Crippen molar-refractivity contribution in [3.8, 4) is 11.5 Å². The summed E-state index contributed by atoms with van der Waals surface area (Å²) in [6, 6.07) is 14.3. The van der Waals surface area contributed by atoms with Crippen LogP contribution in [0.4, 0.5) is 9.59 Å². The number of carbonyl (C=O) groups is 2. The van der Waals surface area contributed by atoms with Gasteiger partial charge in [-0.25, -0.2) is 9.59 Å². The van der Waals surface area contributed by atoms with Gasteiger partial charge in [-0.2, -0.15) is 0 Å². The molecule has 2 amide bonds. The van der Waals surface area contributed by atoms with E-state index in [9.17, 15) is 19.8 Å². The molecule has 1 aliphatic heterocycles. The highest BCUT2D eigenvalue weighted by atomic mass is 16.7. The molecule has 6 atom stereocenters. The summed E-state index contributed by atoms with van der Waals surface area (Å²) in [6.45, 7) is 13.1. The first kappa shape index (κ1) is 42.7. The van der Waals surface area contributed by atoms with E-state index in [0.29, 0.717) is 43.2 Å². The van der Waals surface area contributed by atoms with Gasteiger partial charge in [0.05, 0.1) is 24.8 Å². The summed E-state index contributed by atoms with van der Waals surface area (Å²) in [5.74, 6) is -1.14. The van der Waals surface area contributed by atoms with Gasteiger partial charge in [0.2, 0.25) is 5.79 Å². The molecule has 0 aromatic heterocycles. The Bertz CT molecular complexity index is 1690. The summed E-state index contributed by atoms with van der Waals surface area (Å²) < 4.78 is 25.8. The Morgan fingerprint density at radius 3 is 2.48 bits per heavy atom. The summed E-state index contributed by atoms with van der Waals surface area (Å²) in [5.41, 5.74) is 3.16. The summed E-state index contributed by atoms with van der Waals surface area (Å²) >= 11 is 0. The molecule has 0 radical (unpaired) electrons. The Morgan fingerprint density at radius 2 is 1.80 bits per heavy atom. The number of ether oxygens (including phenoxy) is 4. The Labute approximate surface area is 331 Å². The van der Waals surface area contributed by atoms with E-state index in [1.54, 1.807) is 24.1 Å². The fraction of sp³-hybridized carbons (Fsp3) is 0.568. The van der Waals surface area contributed by atoms with Crippen molar-refractivity contribution in [1.82, 2.24) is 10.2 Å². The van der Waals surface area contributed by atoms with Crippen LogP contribution in [0.2, 0.25) is 0 Å². The molecule has 12 heteroatoms. The molecule has 0 unspecified atom stereocenters. The summed E-state index contributed by atoms with van der Waals surface area (Å²) in [5, 5.41) is 27.1. The maximum Gasteiger partial charge on any atom is 0.412 e. The number of amides is 2. The van der Waals surface area contributed by atoms with Crippen LogP contribution >= 0.6 is 0 Å². The first-order valence-electron chi connectivity index (χ1n) is 20.1. The molecule has 12 nitrogen and oxygen atoms in total. The third kappa shape index (κ3) is 10.1. The Morgan fingerprint density at radius 1 is 1.07 bits per heavy atom. The molecule has 0 bridgehead atoms. The number of oxime groups is 1. The van der Waals surface area contributed by atoms with Crippen molar-refractivity contribution in [3.05, 3.63) is 84.0 Å². The summed E-state index contributed by atoms with van der Waals surface area (Å²) in [7, 11) is 1.71. The Hall–Kier alpha value is -4.39. The smallest absolute Gasteiger partial charge is 0.412 e. The molecular formula is C44H61N3O9. The van der Waals surface area contributed by atoms with Crippen LogP contribution in [0.3, 0.4) is 0 Å². The van der Waals surface area contributed by atoms with Crippen molar-refractivity contribution in [3.63, 3.8) is 0 Å². The highest BCUT2D eigenvalue weighted by Gasteiger charge is 2.65. The zero-order valence-electron chi connectivity index (χ0n) is 33.7. The number of carbonyl (C=O) groups excluding carboxylic acids is 2. The molecule has 0 saturated heterocycles. The summed E-state index contributed by atoms with van der Waals surface area (Å²) in [4.78, 5) is 34.3. The van der Waals surface area contributed by atoms with Gasteiger partial charge < -0.3 is 44.2 Å². The molecule has 1 heterocycles. The van der Waals surface area contributed by atoms with E-state index in [2.05, 4.69) is 23.1 Å². The van der Waals surface area contributed by atoms with Crippen LogP contribution in [0.15, 0.2) is 78.0 Å². The largest absolute Gasteiger partial charge is 0.459 e. The number of allylic oxidation sites excluding steroid dienone is 1. The number of fused-ring (bicyclic) bond motifs is 2. The van der Waals surface area contributed by atoms with E-state index < -0.39 is 29.9 Å². The van der Waals surface area contributed by atoms with E-state index in [1.165, 1.54) is 0 Å². The second-order valence-electron chi connectivity index (χ2n) is 16.1. The maximum atomic E-state index is 13.9. The average molecular weight is 776 g/mol. The summed E-state index contributed by atoms with van der Waals surface area (Å²) in [6.07, 6.45) is 7.63. The fourth-order valence-corrected chi connectivity index (χ4v) is 8.35. The van der Waals surface area contributed by atoms with E-state index in [0.717, 1.165) is 42.4 Å². The third-order valence-corrected chi connectivity index (χ3v) is 10.8. The Kier molecular flexibility index (Phi) is 15.0. The SMILES string of the molecule is C=CCO[C@@]12Oc3ccc(OC(=O)NCc4ccccc4)cc3[C@H]3[C@H](CCCCO)[C@@H](CCCCO)C=C(C(=NOCC)C[C@@H]1N(C)C(=O)OCC(C)(C)C)[C@H]32. The lowest BCUT2D eigenvalue weighted by Gasteiger charge is -2.59. The van der Waals surface area contributed by atoms with Gasteiger partial charge in [0.1, 0.15) is 24.1 Å². The van der Waals surface area contributed by atoms with Gasteiger partial charge >= 0.3 is 12.2 Å². The zero-order valence-corrected chi connectivity index (χ0v) is 33.7. The molecule has 3 aliphatic rings. The maximum absolute atomic E-state index is 13.9. The molecule has 2 aliphatic carbocycles. The minimum absolute atomic E-state index is 0.0238. The number of unbranched alkanes of at least 4 members (excludes halogenated alkanes) is 2. The van der Waals surface area contributed by atoms with Gasteiger partial charge in [0.15, 0.2) is 0 Å². The lowest BCUT2D eigenvalue weighted by molar-refractivity contribution is -0.253. The molecule has 2 aromatic carbocycles. The van der Waals surface area contributed by atoms with Crippen LogP contribution in [-0.4, -0.2) is 84.9 Å². The van der Waals surface area contributed by atoms with E-state index in [4.69, 9.17) is 23.8 Å². The topological polar surface area (TPSA) is 148 Å². The number of rotatable bonds is 18. The first-order valence-corrected chi connectivity index (χ1v) is 20.1. The van der Waals surface area contributed by atoms with Gasteiger partial charge in [-0.1, -0.05) is 81.3 Å². The highest BCUT2D eigenvalue weighted by Crippen LogP contribution is 2.61. The molecule has 1 saturated carbocycles. The van der Waals surface area contributed by atoms with Crippen molar-refractivity contribution in [1.29, 1.82) is 0 Å². The lowest BCUT2D eigenvalue weighted by atomic mass is 9.55. The number of aliphatic hydroxyl groups is 2. The number of aliphatic hydroxyl groups excluding tert-OH is 2. The van der Waals surface area contributed by atoms with Gasteiger partial charge in [-0.3, -0.25) is 0 Å². The first-order chi connectivity index (χ1) is 27.0. The number of nitrogens with one attached hydrogen (secondary N) is 1. The third-order valence-electron chi connectivity index (χ3n) is 10.8. The molecule has 56 heavy (non-hydrogen) atoms. The van der Waals surface area contributed by atoms with Crippen LogP contribution in [0.5, 0.6) is 11.5 Å². The molecule has 5 rings (SSSR count). The quantitative estimate of drug-likeness (QED) is 0.0786. The second-order valence-corrected chi connectivity index (χ2v) is 16.1. The van der Waals surface area contributed by atoms with Crippen molar-refractivity contribution >= 4 is 17.9 Å². The van der Waals surface area contributed by atoms with E-state index in [-0.39, 0.29) is 56.0 Å². The van der Waals surface area contributed by atoms with E-state index >= 15 is 0 Å². The fourth-order valence-electron chi connectivity index (χ4n) is 8.35. The molecule has 2 aromatic rings. The number of hydrogen-bond acceptors (Lipinski definition) is 10. The second kappa shape index (κ2) is 19.7. The minimum Gasteiger partial charge on any atom is -0.459 e. The monoisotopic (exact) mass is 775 g/mol. The van der Waals surface area contributed by atoms with Crippen LogP contribution in [0, 0.1) is 23.2 Å². The standard InChI is InChI=1S/C44H61N3O9/c1-7-24-53-44-38(47(6)42(51)52-29-43(3,4)5)27-36(46-54-8-2)34-25-31(18-12-14-22-48)33(19-13-15-23-49)39(40(34)44)35-26-32(20-21-37(35)56-44)55-41(50)45-28-30-16-10-9-11-17-30/h7,9-11,16-17,20-21,25-26,31,33,38-40,48-49H,1,8,12-15,18-19,22-24,27-29H2,2-6H3,(H,45,50)/t31-,33+,38-,39+,40+,44+/m0/s1. The number of likely N-dealkylation sites (N-methyl/N-ethyl adjacent to an activating group) is 1. The molecule has 3 N–H and O–H groups in total. The lowest BCUT2D eigenvalue weighted by Crippen LogP contribution is -2.69. The number of nitrogens with zero attached hydrogens (tertiary/aromatic N) is 2. The van der Waals surface area contributed by atoms with E-state index in [1.807, 2.05) is 70.2 Å². The highest BCUT2D eigenvalue weighted by molar-refractivity contribution is 6.03. The predicted molar refractivity (Wildman–Crippen MR) is 214 cm³/mol. The Balaban J connectivity index is 1.66. The van der Waals surface area contributed by atoms with Gasteiger partial charge in [0, 0.05) is 44.7 Å². The van der Waals surface area contributed by atoms with Gasteiger partial charge in [-0.15, -0.1) is 6.58 Å². The minimum atomic E-state index is -1.40. The van der Waals surface area contributed by atoms with Gasteiger partial charge in [-0.05, 0) is 79.2 Å². The van der Waals surface area contributed by atoms with Crippen molar-refractivity contribution in [2.75, 3.05) is 40.1 Å². The molecule has 1 fully saturated rings. The van der Waals surface area contributed by atoms with Crippen LogP contribution in [0.1, 0.15) is 89.7 Å². The predicted octanol–water partition coefficient (Wildman–Crippen LogP) is 7.74. The van der Waals surface area contributed by atoms with Crippen LogP contribution in [0.25, 0.3) is 0 Å². The van der Waals surface area contributed by atoms with Crippen molar-refractivity contribution < 1.29 is 43.6 Å². The molecule has 0 spiro atoms. The normalized spacial score (nSPS) is 24.5. The van der Waals surface area contributed by atoms with Gasteiger partial charge in [0.25, 0.3) is 0 Å². The zero-order chi connectivity index (χ0) is 40.3. The molecule has 306 valence electrons. The van der Waals surface area contributed by atoms with Crippen molar-refractivity contribution in [2.24, 2.45) is 28.3 Å².